The van der Waals surface area contributed by atoms with Crippen LogP contribution in [0.15, 0.2) is 106 Å². The molecule has 2 N–H and O–H groups in total. The third kappa shape index (κ3) is 9.00. The van der Waals surface area contributed by atoms with E-state index in [0.717, 1.165) is 22.3 Å². The van der Waals surface area contributed by atoms with E-state index < -0.39 is 24.6 Å². The molecule has 0 aliphatic rings. The van der Waals surface area contributed by atoms with Crippen molar-refractivity contribution in [1.82, 2.24) is 60.4 Å². The predicted molar refractivity (Wildman–Crippen MR) is 186 cm³/mol. The van der Waals surface area contributed by atoms with E-state index in [0.29, 0.717) is 47.0 Å². The van der Waals surface area contributed by atoms with Crippen molar-refractivity contribution in [3.05, 3.63) is 132 Å². The van der Waals surface area contributed by atoms with Crippen molar-refractivity contribution in [2.75, 3.05) is 0 Å². The van der Waals surface area contributed by atoms with E-state index in [1.165, 1.54) is 12.4 Å². The number of aliphatic hydroxyl groups is 2. The molecule has 8 rings (SSSR count). The van der Waals surface area contributed by atoms with Crippen LogP contribution in [0.1, 0.15) is 47.1 Å². The van der Waals surface area contributed by atoms with E-state index in [-0.39, 0.29) is 25.0 Å². The molecule has 0 amide bonds. The summed E-state index contributed by atoms with van der Waals surface area (Å²) in [7, 11) is 0. The molecular weight excluding hydrogens is 740 g/mol. The Balaban J connectivity index is 0.000000172. The van der Waals surface area contributed by atoms with Gasteiger partial charge in [0, 0.05) is 23.5 Å². The van der Waals surface area contributed by atoms with E-state index >= 15 is 0 Å². The maximum absolute atomic E-state index is 12.5. The molecule has 0 atom stereocenters. The fraction of sp³-hybridized carbons (Fsp3) is 0.167. The Morgan fingerprint density at radius 3 is 1.34 bits per heavy atom. The lowest BCUT2D eigenvalue weighted by molar-refractivity contribution is 0.115. The molecule has 0 fully saturated rings. The summed E-state index contributed by atoms with van der Waals surface area (Å²) in [6.45, 7) is 0.659. The lowest BCUT2D eigenvalue weighted by atomic mass is 10.1. The van der Waals surface area contributed by atoms with Crippen LogP contribution in [0.4, 0.5) is 17.6 Å². The first-order chi connectivity index (χ1) is 27.2. The number of pyridine rings is 2. The van der Waals surface area contributed by atoms with Crippen molar-refractivity contribution in [2.45, 2.75) is 39.2 Å². The second kappa shape index (κ2) is 17.0. The second-order valence-electron chi connectivity index (χ2n) is 11.9. The smallest absolute Gasteiger partial charge is 0.314 e. The van der Waals surface area contributed by atoms with Crippen molar-refractivity contribution in [3.8, 4) is 45.4 Å². The lowest BCUT2D eigenvalue weighted by Gasteiger charge is -2.01. The highest BCUT2D eigenvalue weighted by atomic mass is 19.3. The van der Waals surface area contributed by atoms with Gasteiger partial charge in [-0.25, -0.2) is 9.36 Å². The molecule has 0 aliphatic heterocycles. The van der Waals surface area contributed by atoms with Gasteiger partial charge in [0.25, 0.3) is 11.8 Å². The Morgan fingerprint density at radius 2 is 0.982 bits per heavy atom. The third-order valence-corrected chi connectivity index (χ3v) is 7.93. The Bertz CT molecular complexity index is 2330. The van der Waals surface area contributed by atoms with Gasteiger partial charge in [-0.05, 0) is 47.5 Å². The van der Waals surface area contributed by atoms with Gasteiger partial charge in [-0.1, -0.05) is 46.8 Å². The first-order valence-corrected chi connectivity index (χ1v) is 16.6. The number of hydrogen-bond acceptors (Lipinski definition) is 14. The maximum Gasteiger partial charge on any atom is 0.314 e. The molecule has 0 spiro atoms. The molecule has 0 unspecified atom stereocenters. The molecule has 6 heterocycles. The number of hydrogen-bond donors (Lipinski definition) is 2. The zero-order valence-electron chi connectivity index (χ0n) is 28.8. The quantitative estimate of drug-likeness (QED) is 0.142. The predicted octanol–water partition coefficient (Wildman–Crippen LogP) is 5.74. The van der Waals surface area contributed by atoms with Crippen LogP contribution in [-0.4, -0.2) is 70.6 Å². The number of rotatable bonds is 12. The minimum Gasteiger partial charge on any atom is -0.415 e. The molecular formula is C36H28F4N12O4. The number of aromatic nitrogens is 12. The Morgan fingerprint density at radius 1 is 0.536 bits per heavy atom. The zero-order valence-corrected chi connectivity index (χ0v) is 28.8. The zero-order chi connectivity index (χ0) is 39.0. The summed E-state index contributed by atoms with van der Waals surface area (Å²) in [5.41, 5.74) is 6.93. The van der Waals surface area contributed by atoms with Crippen LogP contribution < -0.4 is 0 Å². The van der Waals surface area contributed by atoms with Crippen molar-refractivity contribution in [2.24, 2.45) is 0 Å². The topological polar surface area (TPSA) is 205 Å². The number of benzene rings is 2. The van der Waals surface area contributed by atoms with Crippen LogP contribution in [-0.2, 0) is 26.3 Å². The summed E-state index contributed by atoms with van der Waals surface area (Å²) < 4.78 is 63.2. The van der Waals surface area contributed by atoms with Crippen LogP contribution in [0, 0.1) is 0 Å². The van der Waals surface area contributed by atoms with E-state index in [9.17, 15) is 27.8 Å². The van der Waals surface area contributed by atoms with E-state index in [2.05, 4.69) is 51.0 Å². The van der Waals surface area contributed by atoms with Crippen molar-refractivity contribution >= 4 is 0 Å². The largest absolute Gasteiger partial charge is 0.415 e. The van der Waals surface area contributed by atoms with Crippen LogP contribution >= 0.6 is 0 Å². The number of aliphatic hydroxyl groups excluding tert-OH is 2. The number of nitrogens with zero attached hydrogens (tertiary/aromatic N) is 12. The number of halogens is 4. The summed E-state index contributed by atoms with van der Waals surface area (Å²) in [5.74, 6) is -1.47. The van der Waals surface area contributed by atoms with Gasteiger partial charge in [-0.3, -0.25) is 9.97 Å². The molecule has 8 aromatic rings. The van der Waals surface area contributed by atoms with Crippen molar-refractivity contribution in [1.29, 1.82) is 0 Å². The van der Waals surface area contributed by atoms with Gasteiger partial charge < -0.3 is 19.0 Å². The SMILES string of the molecule is OCc1cccc(-c2cn(Cc3ccc(-c4nnc(C(F)F)o4)cn3)nn2)c1.OCc1cccc(-c2cn(Cc3ccc(-c4nnc(C(F)F)o4)cn3)nn2)c1. The highest BCUT2D eigenvalue weighted by molar-refractivity contribution is 5.59. The summed E-state index contributed by atoms with van der Waals surface area (Å²) in [4.78, 5) is 8.55. The minimum absolute atomic E-state index is 0.0128. The summed E-state index contributed by atoms with van der Waals surface area (Å²) in [5, 5.41) is 48.7. The fourth-order valence-corrected chi connectivity index (χ4v) is 5.17. The van der Waals surface area contributed by atoms with Crippen molar-refractivity contribution < 1.29 is 36.6 Å². The normalized spacial score (nSPS) is 11.3. The first-order valence-electron chi connectivity index (χ1n) is 16.6. The van der Waals surface area contributed by atoms with Gasteiger partial charge >= 0.3 is 12.9 Å². The van der Waals surface area contributed by atoms with Crippen LogP contribution in [0.3, 0.4) is 0 Å². The van der Waals surface area contributed by atoms with Gasteiger partial charge in [0.1, 0.15) is 11.4 Å². The van der Waals surface area contributed by atoms with Gasteiger partial charge in [0.2, 0.25) is 11.8 Å². The minimum atomic E-state index is -2.81. The highest BCUT2D eigenvalue weighted by Crippen LogP contribution is 2.25. The van der Waals surface area contributed by atoms with E-state index in [1.54, 1.807) is 46.0 Å². The summed E-state index contributed by atoms with van der Waals surface area (Å²) >= 11 is 0. The van der Waals surface area contributed by atoms with E-state index in [4.69, 9.17) is 8.83 Å². The van der Waals surface area contributed by atoms with Gasteiger partial charge in [-0.15, -0.1) is 30.6 Å². The Labute approximate surface area is 313 Å². The molecule has 16 nitrogen and oxygen atoms in total. The lowest BCUT2D eigenvalue weighted by Crippen LogP contribution is -2.02. The summed E-state index contributed by atoms with van der Waals surface area (Å²) in [6, 6.07) is 21.6. The molecule has 0 saturated carbocycles. The summed E-state index contributed by atoms with van der Waals surface area (Å²) in [6.07, 6.45) is 0.875. The molecule has 0 bridgehead atoms. The molecule has 2 aromatic carbocycles. The Kier molecular flexibility index (Phi) is 11.3. The second-order valence-corrected chi connectivity index (χ2v) is 11.9. The first kappa shape index (κ1) is 37.3. The Hall–Kier alpha value is -7.06. The van der Waals surface area contributed by atoms with E-state index in [1.807, 2.05) is 48.5 Å². The molecule has 0 radical (unpaired) electrons. The van der Waals surface area contributed by atoms with Crippen LogP contribution in [0.5, 0.6) is 0 Å². The van der Waals surface area contributed by atoms with Crippen LogP contribution in [0.2, 0.25) is 0 Å². The molecule has 284 valence electrons. The standard InChI is InChI=1S/2C18H14F2N6O2/c2*19-16(20)18-24-23-17(28-18)13-4-5-14(21-7-13)8-26-9-15(22-25-26)12-3-1-2-11(6-12)10-27/h2*1-7,9,16,27H,8,10H2. The third-order valence-electron chi connectivity index (χ3n) is 7.93. The molecule has 20 heteroatoms. The monoisotopic (exact) mass is 768 g/mol. The van der Waals surface area contributed by atoms with Gasteiger partial charge in [0.05, 0.1) is 61.2 Å². The molecule has 56 heavy (non-hydrogen) atoms. The van der Waals surface area contributed by atoms with Crippen molar-refractivity contribution in [3.63, 3.8) is 0 Å². The average molecular weight is 769 g/mol. The highest BCUT2D eigenvalue weighted by Gasteiger charge is 2.18. The fourth-order valence-electron chi connectivity index (χ4n) is 5.17. The molecule has 6 aromatic heterocycles. The average Bonchev–Trinajstić information content (AvgIpc) is 4.07. The molecule has 0 saturated heterocycles. The maximum atomic E-state index is 12.5. The van der Waals surface area contributed by atoms with Gasteiger partial charge in [0.15, 0.2) is 0 Å². The number of alkyl halides is 4. The molecule has 0 aliphatic carbocycles. The van der Waals surface area contributed by atoms with Crippen LogP contribution in [0.25, 0.3) is 45.4 Å². The van der Waals surface area contributed by atoms with Gasteiger partial charge in [-0.2, -0.15) is 17.6 Å².